The molecule has 0 aromatic carbocycles. The van der Waals surface area contributed by atoms with Crippen molar-refractivity contribution in [2.24, 2.45) is 5.73 Å². The fraction of sp³-hybridized carbons (Fsp3) is 0.500. The van der Waals surface area contributed by atoms with Gasteiger partial charge in [-0.2, -0.15) is 0 Å². The summed E-state index contributed by atoms with van der Waals surface area (Å²) < 4.78 is 22.2. The normalized spacial score (nSPS) is 21.4. The fourth-order valence-electron chi connectivity index (χ4n) is 1.04. The molecule has 0 unspecified atom stereocenters. The summed E-state index contributed by atoms with van der Waals surface area (Å²) in [4.78, 5) is 0.773. The molecular formula is C6H11N2O2S2+. The molecule has 0 aliphatic carbocycles. The van der Waals surface area contributed by atoms with Crippen LogP contribution in [0.1, 0.15) is 6.92 Å². The lowest BCUT2D eigenvalue weighted by molar-refractivity contribution is -0.110. The van der Waals surface area contributed by atoms with E-state index in [0.29, 0.717) is 0 Å². The number of rotatable bonds is 1. The van der Waals surface area contributed by atoms with Gasteiger partial charge in [0.25, 0.3) is 0 Å². The molecule has 0 atom stereocenters. The Balaban J connectivity index is 2.80. The van der Waals surface area contributed by atoms with Gasteiger partial charge in [-0.15, -0.1) is 0 Å². The number of amidine groups is 1. The maximum Gasteiger partial charge on any atom is 0.304 e. The Bertz CT molecular complexity index is 343. The Labute approximate surface area is 75.6 Å². The first kappa shape index (κ1) is 9.60. The molecule has 1 aliphatic heterocycles. The van der Waals surface area contributed by atoms with Crippen molar-refractivity contribution in [2.45, 2.75) is 6.92 Å². The van der Waals surface area contributed by atoms with Crippen molar-refractivity contribution in [3.63, 3.8) is 0 Å². The standard InChI is InChI=1S/C6H10N2O2S2/c1-4-2-12(9,10)3-5(4)11-6(7)8/h2-3H2,1H3,(H3,7,8)/p+1. The molecule has 0 saturated heterocycles. The van der Waals surface area contributed by atoms with E-state index in [2.05, 4.69) is 0 Å². The molecule has 4 nitrogen and oxygen atoms in total. The molecule has 0 aromatic heterocycles. The number of hydrogen-bond acceptors (Lipinski definition) is 3. The molecule has 0 fully saturated rings. The predicted molar refractivity (Wildman–Crippen MR) is 50.1 cm³/mol. The van der Waals surface area contributed by atoms with Crippen molar-refractivity contribution in [3.05, 3.63) is 10.5 Å². The van der Waals surface area contributed by atoms with Crippen LogP contribution >= 0.6 is 11.8 Å². The molecule has 1 rings (SSSR count). The SMILES string of the molecule is CC1=C(SC(N)=[NH2+])CS(=O)(=O)C1. The zero-order valence-electron chi connectivity index (χ0n) is 6.70. The lowest BCUT2D eigenvalue weighted by Crippen LogP contribution is -2.43. The summed E-state index contributed by atoms with van der Waals surface area (Å²) in [5.74, 6) is 0.226. The summed E-state index contributed by atoms with van der Waals surface area (Å²) in [6.45, 7) is 1.79. The average molecular weight is 207 g/mol. The van der Waals surface area contributed by atoms with Crippen LogP contribution in [0.25, 0.3) is 0 Å². The number of nitrogens with two attached hydrogens (primary N) is 2. The number of sulfone groups is 1. The number of hydrogen-bond donors (Lipinski definition) is 2. The molecule has 1 aliphatic rings. The van der Waals surface area contributed by atoms with Gasteiger partial charge in [0, 0.05) is 4.91 Å². The second-order valence-electron chi connectivity index (χ2n) is 2.74. The number of thioether (sulfide) groups is 1. The van der Waals surface area contributed by atoms with E-state index in [-0.39, 0.29) is 16.7 Å². The van der Waals surface area contributed by atoms with Crippen LogP contribution in [-0.2, 0) is 9.84 Å². The molecule has 0 spiro atoms. The monoisotopic (exact) mass is 207 g/mol. The van der Waals surface area contributed by atoms with Crippen molar-refractivity contribution in [1.29, 1.82) is 0 Å². The van der Waals surface area contributed by atoms with Crippen LogP contribution in [0.15, 0.2) is 10.5 Å². The highest BCUT2D eigenvalue weighted by Gasteiger charge is 2.26. The van der Waals surface area contributed by atoms with Crippen LogP contribution < -0.4 is 11.1 Å². The topological polar surface area (TPSA) is 85.8 Å². The Kier molecular flexibility index (Phi) is 2.48. The van der Waals surface area contributed by atoms with E-state index < -0.39 is 9.84 Å². The Morgan fingerprint density at radius 2 is 2.17 bits per heavy atom. The van der Waals surface area contributed by atoms with Crippen LogP contribution in [0.5, 0.6) is 0 Å². The van der Waals surface area contributed by atoms with E-state index in [1.807, 2.05) is 0 Å². The van der Waals surface area contributed by atoms with Crippen molar-refractivity contribution in [2.75, 3.05) is 11.5 Å². The van der Waals surface area contributed by atoms with Gasteiger partial charge in [-0.05, 0) is 24.3 Å². The molecule has 6 heteroatoms. The summed E-state index contributed by atoms with van der Waals surface area (Å²) >= 11 is 1.15. The van der Waals surface area contributed by atoms with Gasteiger partial charge in [-0.1, -0.05) is 0 Å². The van der Waals surface area contributed by atoms with Crippen LogP contribution in [0, 0.1) is 0 Å². The summed E-state index contributed by atoms with van der Waals surface area (Å²) in [6, 6.07) is 0. The molecule has 68 valence electrons. The highest BCUT2D eigenvalue weighted by molar-refractivity contribution is 8.17. The zero-order chi connectivity index (χ0) is 9.35. The first-order chi connectivity index (χ1) is 5.41. The van der Waals surface area contributed by atoms with Crippen molar-refractivity contribution in [1.82, 2.24) is 0 Å². The van der Waals surface area contributed by atoms with Gasteiger partial charge in [0.1, 0.15) is 0 Å². The third-order valence-electron chi connectivity index (χ3n) is 1.50. The van der Waals surface area contributed by atoms with Crippen LogP contribution in [0.4, 0.5) is 0 Å². The van der Waals surface area contributed by atoms with Gasteiger partial charge >= 0.3 is 5.17 Å². The smallest absolute Gasteiger partial charge is 0.281 e. The fourth-order valence-corrected chi connectivity index (χ4v) is 4.02. The minimum Gasteiger partial charge on any atom is -0.281 e. The molecule has 0 radical (unpaired) electrons. The van der Waals surface area contributed by atoms with Gasteiger partial charge in [0.15, 0.2) is 9.84 Å². The molecular weight excluding hydrogens is 196 g/mol. The summed E-state index contributed by atoms with van der Waals surface area (Å²) in [5, 5.41) is 5.45. The Morgan fingerprint density at radius 1 is 1.58 bits per heavy atom. The van der Waals surface area contributed by atoms with Gasteiger partial charge in [0.2, 0.25) is 0 Å². The zero-order valence-corrected chi connectivity index (χ0v) is 8.33. The second kappa shape index (κ2) is 3.10. The van der Waals surface area contributed by atoms with Crippen molar-refractivity contribution < 1.29 is 13.8 Å². The molecule has 4 N–H and O–H groups in total. The van der Waals surface area contributed by atoms with E-state index in [1.165, 1.54) is 0 Å². The lowest BCUT2D eigenvalue weighted by atomic mass is 10.3. The first-order valence-corrected chi connectivity index (χ1v) is 5.99. The minimum atomic E-state index is -2.91. The third kappa shape index (κ3) is 2.25. The molecule has 0 aromatic rings. The van der Waals surface area contributed by atoms with Gasteiger partial charge < -0.3 is 0 Å². The van der Waals surface area contributed by atoms with E-state index in [1.54, 1.807) is 6.92 Å². The van der Waals surface area contributed by atoms with Gasteiger partial charge in [-0.25, -0.2) is 8.42 Å². The summed E-state index contributed by atoms with van der Waals surface area (Å²) in [5.41, 5.74) is 6.11. The molecule has 0 bridgehead atoms. The van der Waals surface area contributed by atoms with Gasteiger partial charge in [-0.3, -0.25) is 11.1 Å². The van der Waals surface area contributed by atoms with E-state index in [0.717, 1.165) is 22.2 Å². The molecule has 0 amide bonds. The van der Waals surface area contributed by atoms with Crippen LogP contribution in [-0.4, -0.2) is 25.1 Å². The lowest BCUT2D eigenvalue weighted by Gasteiger charge is -1.94. The minimum absolute atomic E-state index is 0.0847. The maximum absolute atomic E-state index is 11.1. The van der Waals surface area contributed by atoms with Gasteiger partial charge in [0.05, 0.1) is 11.5 Å². The Hall–Kier alpha value is -0.490. The molecule has 0 saturated carbocycles. The van der Waals surface area contributed by atoms with Crippen molar-refractivity contribution >= 4 is 26.8 Å². The summed E-state index contributed by atoms with van der Waals surface area (Å²) in [7, 11) is -2.91. The highest BCUT2D eigenvalue weighted by atomic mass is 32.2. The molecule has 1 heterocycles. The largest absolute Gasteiger partial charge is 0.304 e. The van der Waals surface area contributed by atoms with Crippen LogP contribution in [0.2, 0.25) is 0 Å². The van der Waals surface area contributed by atoms with Crippen LogP contribution in [0.3, 0.4) is 0 Å². The van der Waals surface area contributed by atoms with Crippen molar-refractivity contribution in [3.8, 4) is 0 Å². The average Bonchev–Trinajstić information content (AvgIpc) is 2.03. The highest BCUT2D eigenvalue weighted by Crippen LogP contribution is 2.27. The third-order valence-corrected chi connectivity index (χ3v) is 4.26. The molecule has 12 heavy (non-hydrogen) atoms. The first-order valence-electron chi connectivity index (χ1n) is 3.35. The van der Waals surface area contributed by atoms with E-state index in [9.17, 15) is 8.42 Å². The Morgan fingerprint density at radius 3 is 2.50 bits per heavy atom. The maximum atomic E-state index is 11.1. The predicted octanol–water partition coefficient (Wildman–Crippen LogP) is -1.50. The summed E-state index contributed by atoms with van der Waals surface area (Å²) in [6.07, 6.45) is 0. The van der Waals surface area contributed by atoms with E-state index >= 15 is 0 Å². The quantitative estimate of drug-likeness (QED) is 0.404. The second-order valence-corrected chi connectivity index (χ2v) is 5.97. The van der Waals surface area contributed by atoms with E-state index in [4.69, 9.17) is 11.1 Å².